The Morgan fingerprint density at radius 2 is 1.07 bits per heavy atom. The number of nitrogens with one attached hydrogen (secondary N) is 1. The van der Waals surface area contributed by atoms with Crippen molar-refractivity contribution >= 4 is 11.9 Å². The minimum atomic E-state index is -1.59. The summed E-state index contributed by atoms with van der Waals surface area (Å²) in [4.78, 5) is 30.6. The summed E-state index contributed by atoms with van der Waals surface area (Å²) in [6.07, 6.45) is 28.1. The molecule has 0 aliphatic carbocycles. The first-order chi connectivity index (χ1) is 26.3. The van der Waals surface area contributed by atoms with Crippen LogP contribution in [0.3, 0.4) is 0 Å². The number of rotatable bonds is 37. The van der Waals surface area contributed by atoms with Gasteiger partial charge in [0.1, 0.15) is 37.1 Å². The second-order valence-electron chi connectivity index (χ2n) is 15.3. The van der Waals surface area contributed by atoms with Gasteiger partial charge in [0.15, 0.2) is 6.29 Å². The maximum atomic E-state index is 12.5. The molecule has 0 saturated carbocycles. The fourth-order valence-electron chi connectivity index (χ4n) is 6.62. The van der Waals surface area contributed by atoms with Crippen molar-refractivity contribution in [2.24, 2.45) is 0 Å². The number of carbonyl (C=O) groups is 2. The van der Waals surface area contributed by atoms with Crippen LogP contribution in [0.4, 0.5) is 0 Å². The van der Waals surface area contributed by atoms with Crippen LogP contribution in [-0.2, 0) is 28.6 Å². The highest BCUT2D eigenvalue weighted by Gasteiger charge is 2.44. The molecule has 1 aliphatic rings. The van der Waals surface area contributed by atoms with Crippen LogP contribution in [0, 0.1) is 0 Å². The van der Waals surface area contributed by atoms with Crippen LogP contribution in [-0.4, -0.2) is 88.9 Å². The summed E-state index contributed by atoms with van der Waals surface area (Å²) in [6.45, 7) is 3.43. The first-order valence-electron chi connectivity index (χ1n) is 22.0. The van der Waals surface area contributed by atoms with Crippen molar-refractivity contribution in [1.82, 2.24) is 5.48 Å². The summed E-state index contributed by atoms with van der Waals surface area (Å²) in [5.74, 6) is -0.678. The standard InChI is InChI=1S/C43H81NO10/c1-3-5-7-9-11-13-15-17-18-20-21-23-25-27-29-31-38(46)44-54-36(35-52-43-42(50)41(49)40(48)37(33-45)53-43)34-51-39(47)32-30-28-26-24-22-19-16-14-12-10-8-6-4-2/h17-18,36-37,40-43,45,48-50H,3-16,19-35H2,1-2H3,(H,44,46)/b18-17-/t36?,37-,40-,41+,42-,43-/m1/s1. The highest BCUT2D eigenvalue weighted by Crippen LogP contribution is 2.22. The third-order valence-electron chi connectivity index (χ3n) is 10.2. The van der Waals surface area contributed by atoms with Gasteiger partial charge in [0, 0.05) is 12.8 Å². The van der Waals surface area contributed by atoms with Crippen molar-refractivity contribution in [3.63, 3.8) is 0 Å². The number of hydrogen-bond donors (Lipinski definition) is 5. The van der Waals surface area contributed by atoms with Crippen LogP contribution < -0.4 is 5.48 Å². The number of aliphatic hydroxyl groups excluding tert-OH is 4. The lowest BCUT2D eigenvalue weighted by molar-refractivity contribution is -0.306. The maximum absolute atomic E-state index is 12.5. The van der Waals surface area contributed by atoms with Gasteiger partial charge in [0.25, 0.3) is 0 Å². The lowest BCUT2D eigenvalue weighted by Crippen LogP contribution is -2.59. The van der Waals surface area contributed by atoms with Crippen LogP contribution >= 0.6 is 0 Å². The Morgan fingerprint density at radius 3 is 1.57 bits per heavy atom. The van der Waals surface area contributed by atoms with E-state index < -0.39 is 43.4 Å². The first kappa shape index (κ1) is 50.4. The van der Waals surface area contributed by atoms with Crippen molar-refractivity contribution in [1.29, 1.82) is 0 Å². The zero-order valence-corrected chi connectivity index (χ0v) is 34.3. The summed E-state index contributed by atoms with van der Waals surface area (Å²) in [5, 5.41) is 40.0. The molecule has 0 aromatic heterocycles. The van der Waals surface area contributed by atoms with E-state index in [0.29, 0.717) is 0 Å². The number of hydrogen-bond acceptors (Lipinski definition) is 10. The predicted molar refractivity (Wildman–Crippen MR) is 213 cm³/mol. The Labute approximate surface area is 328 Å². The molecule has 0 radical (unpaired) electrons. The lowest BCUT2D eigenvalue weighted by atomic mass is 9.99. The molecule has 1 saturated heterocycles. The van der Waals surface area contributed by atoms with E-state index in [-0.39, 0.29) is 37.9 Å². The zero-order chi connectivity index (χ0) is 39.5. The third-order valence-corrected chi connectivity index (χ3v) is 10.2. The molecule has 1 unspecified atom stereocenters. The minimum Gasteiger partial charge on any atom is -0.463 e. The number of amides is 1. The van der Waals surface area contributed by atoms with E-state index >= 15 is 0 Å². The van der Waals surface area contributed by atoms with Crippen molar-refractivity contribution in [2.45, 2.75) is 230 Å². The number of carbonyl (C=O) groups excluding carboxylic acids is 2. The van der Waals surface area contributed by atoms with Crippen LogP contribution in [0.1, 0.15) is 194 Å². The van der Waals surface area contributed by atoms with Crippen LogP contribution in [0.15, 0.2) is 12.2 Å². The van der Waals surface area contributed by atoms with Gasteiger partial charge in [0.2, 0.25) is 5.91 Å². The molecule has 11 heteroatoms. The van der Waals surface area contributed by atoms with Crippen LogP contribution in [0.25, 0.3) is 0 Å². The van der Waals surface area contributed by atoms with E-state index in [9.17, 15) is 30.0 Å². The van der Waals surface area contributed by atoms with Gasteiger partial charge in [-0.05, 0) is 38.5 Å². The van der Waals surface area contributed by atoms with Crippen molar-refractivity contribution in [3.05, 3.63) is 12.2 Å². The van der Waals surface area contributed by atoms with Gasteiger partial charge in [-0.25, -0.2) is 5.48 Å². The summed E-state index contributed by atoms with van der Waals surface area (Å²) in [7, 11) is 0. The summed E-state index contributed by atoms with van der Waals surface area (Å²) < 4.78 is 16.5. The topological polar surface area (TPSA) is 164 Å². The highest BCUT2D eigenvalue weighted by molar-refractivity contribution is 5.74. The zero-order valence-electron chi connectivity index (χ0n) is 34.3. The molecule has 0 aromatic carbocycles. The molecule has 0 bridgehead atoms. The molecule has 5 N–H and O–H groups in total. The fraction of sp³-hybridized carbons (Fsp3) is 0.907. The molecule has 0 spiro atoms. The van der Waals surface area contributed by atoms with E-state index in [0.717, 1.165) is 57.8 Å². The molecule has 54 heavy (non-hydrogen) atoms. The Hall–Kier alpha value is -1.60. The second kappa shape index (κ2) is 35.8. The number of allylic oxidation sites excluding steroid dienone is 2. The molecule has 318 valence electrons. The van der Waals surface area contributed by atoms with Gasteiger partial charge in [-0.1, -0.05) is 154 Å². The number of ether oxygens (including phenoxy) is 3. The molecular formula is C43H81NO10. The summed E-state index contributed by atoms with van der Waals surface area (Å²) in [5.41, 5.74) is 2.43. The quantitative estimate of drug-likeness (QED) is 0.0180. The van der Waals surface area contributed by atoms with Gasteiger partial charge in [-0.15, -0.1) is 0 Å². The van der Waals surface area contributed by atoms with E-state index in [1.807, 2.05) is 0 Å². The Bertz CT molecular complexity index is 903. The maximum Gasteiger partial charge on any atom is 0.305 e. The van der Waals surface area contributed by atoms with E-state index in [2.05, 4.69) is 31.5 Å². The summed E-state index contributed by atoms with van der Waals surface area (Å²) >= 11 is 0. The predicted octanol–water partition coefficient (Wildman–Crippen LogP) is 8.28. The van der Waals surface area contributed by atoms with Crippen molar-refractivity contribution in [2.75, 3.05) is 19.8 Å². The average Bonchev–Trinajstić information content (AvgIpc) is 3.17. The second-order valence-corrected chi connectivity index (χ2v) is 15.3. The molecule has 1 amide bonds. The lowest BCUT2D eigenvalue weighted by Gasteiger charge is -2.39. The smallest absolute Gasteiger partial charge is 0.305 e. The first-order valence-corrected chi connectivity index (χ1v) is 22.0. The highest BCUT2D eigenvalue weighted by atomic mass is 16.7. The molecule has 1 rings (SSSR count). The van der Waals surface area contributed by atoms with Gasteiger partial charge >= 0.3 is 5.97 Å². The fourth-order valence-corrected chi connectivity index (χ4v) is 6.62. The van der Waals surface area contributed by atoms with Gasteiger partial charge in [-0.3, -0.25) is 14.4 Å². The third kappa shape index (κ3) is 27.1. The Morgan fingerprint density at radius 1 is 0.611 bits per heavy atom. The van der Waals surface area contributed by atoms with Gasteiger partial charge < -0.3 is 34.6 Å². The normalized spacial score (nSPS) is 20.7. The molecule has 11 nitrogen and oxygen atoms in total. The molecule has 6 atom stereocenters. The monoisotopic (exact) mass is 772 g/mol. The molecule has 0 aromatic rings. The van der Waals surface area contributed by atoms with Crippen molar-refractivity contribution in [3.8, 4) is 0 Å². The number of esters is 1. The molecule has 1 aliphatic heterocycles. The minimum absolute atomic E-state index is 0.206. The van der Waals surface area contributed by atoms with E-state index in [1.54, 1.807) is 0 Å². The van der Waals surface area contributed by atoms with Gasteiger partial charge in [0.05, 0.1) is 13.2 Å². The van der Waals surface area contributed by atoms with Crippen LogP contribution in [0.2, 0.25) is 0 Å². The van der Waals surface area contributed by atoms with E-state index in [1.165, 1.54) is 109 Å². The van der Waals surface area contributed by atoms with Crippen molar-refractivity contribution < 1.29 is 49.1 Å². The number of aliphatic hydroxyl groups is 4. The number of hydroxylamine groups is 1. The Balaban J connectivity index is 2.33. The number of unbranched alkanes of at least 4 members (excludes halogenated alkanes) is 23. The van der Waals surface area contributed by atoms with E-state index in [4.69, 9.17) is 19.0 Å². The Kier molecular flexibility index (Phi) is 33.4. The average molecular weight is 772 g/mol. The molecular weight excluding hydrogens is 690 g/mol. The largest absolute Gasteiger partial charge is 0.463 e. The molecule has 1 heterocycles. The van der Waals surface area contributed by atoms with Crippen LogP contribution in [0.5, 0.6) is 0 Å². The van der Waals surface area contributed by atoms with Gasteiger partial charge in [-0.2, -0.15) is 0 Å². The summed E-state index contributed by atoms with van der Waals surface area (Å²) in [6, 6.07) is 0. The molecule has 1 fully saturated rings. The SMILES string of the molecule is CCCCCCCC/C=C\CCCCCCCC(=O)NOC(COC(=O)CCCCCCCCCCCCCCC)CO[C@@H]1O[C@H](CO)[C@@H](O)[C@H](O)[C@H]1O.